The van der Waals surface area contributed by atoms with E-state index in [0.29, 0.717) is 13.1 Å². The van der Waals surface area contributed by atoms with Crippen LogP contribution in [0.1, 0.15) is 24.0 Å². The summed E-state index contributed by atoms with van der Waals surface area (Å²) in [6.07, 6.45) is 1.86. The normalized spacial score (nSPS) is 14.9. The molecular weight excluding hydrogens is 274 g/mol. The van der Waals surface area contributed by atoms with Crippen molar-refractivity contribution in [2.45, 2.75) is 25.4 Å². The summed E-state index contributed by atoms with van der Waals surface area (Å²) in [4.78, 5) is 0. The number of nitrogens with one attached hydrogen (secondary N) is 1. The Bertz CT molecular complexity index is 610. The molecule has 108 valence electrons. The third-order valence-electron chi connectivity index (χ3n) is 3.00. The van der Waals surface area contributed by atoms with Crippen molar-refractivity contribution in [3.05, 3.63) is 35.4 Å². The zero-order valence-corrected chi connectivity index (χ0v) is 12.3. The van der Waals surface area contributed by atoms with E-state index in [1.54, 1.807) is 7.05 Å². The maximum Gasteiger partial charge on any atom is 0.279 e. The van der Waals surface area contributed by atoms with Gasteiger partial charge in [-0.2, -0.15) is 17.4 Å². The maximum atomic E-state index is 12.0. The fourth-order valence-corrected chi connectivity index (χ4v) is 2.85. The molecule has 20 heavy (non-hydrogen) atoms. The highest BCUT2D eigenvalue weighted by Crippen LogP contribution is 2.20. The van der Waals surface area contributed by atoms with Crippen molar-refractivity contribution < 1.29 is 8.42 Å². The first-order valence-electron chi connectivity index (χ1n) is 6.53. The number of hydrogen-bond donors (Lipinski definition) is 2. The summed E-state index contributed by atoms with van der Waals surface area (Å²) in [5, 5.41) is 0. The minimum Gasteiger partial charge on any atom is -0.320 e. The molecule has 1 aliphatic carbocycles. The van der Waals surface area contributed by atoms with Crippen LogP contribution >= 0.6 is 0 Å². The minimum atomic E-state index is -3.38. The lowest BCUT2D eigenvalue weighted by molar-refractivity contribution is 0.454. The molecule has 0 bridgehead atoms. The molecule has 0 spiro atoms. The van der Waals surface area contributed by atoms with Crippen molar-refractivity contribution in [3.63, 3.8) is 0 Å². The molecule has 0 atom stereocenters. The van der Waals surface area contributed by atoms with E-state index in [1.165, 1.54) is 4.31 Å². The van der Waals surface area contributed by atoms with E-state index < -0.39 is 10.2 Å². The van der Waals surface area contributed by atoms with E-state index in [0.717, 1.165) is 24.0 Å². The average Bonchev–Trinajstić information content (AvgIpc) is 3.21. The Hall–Kier alpha value is -1.39. The second-order valence-corrected chi connectivity index (χ2v) is 6.67. The van der Waals surface area contributed by atoms with Crippen LogP contribution in [0.2, 0.25) is 0 Å². The van der Waals surface area contributed by atoms with Gasteiger partial charge in [-0.05, 0) is 30.5 Å². The Morgan fingerprint density at radius 2 is 2.00 bits per heavy atom. The van der Waals surface area contributed by atoms with Crippen molar-refractivity contribution in [3.8, 4) is 11.8 Å². The standard InChI is InChI=1S/C14H19N3O2S/c1-17(20(18,19)16-14-8-9-14)11-13-6-4-12(5-7-13)3-2-10-15/h4-7,14,16H,8-11,15H2,1H3. The van der Waals surface area contributed by atoms with Crippen molar-refractivity contribution in [1.82, 2.24) is 9.03 Å². The summed E-state index contributed by atoms with van der Waals surface area (Å²) in [5.74, 6) is 5.71. The van der Waals surface area contributed by atoms with Gasteiger partial charge in [-0.15, -0.1) is 0 Å². The number of nitrogens with two attached hydrogens (primary N) is 1. The van der Waals surface area contributed by atoms with Gasteiger partial charge in [0.25, 0.3) is 10.2 Å². The molecule has 0 heterocycles. The zero-order chi connectivity index (χ0) is 14.6. The molecule has 0 radical (unpaired) electrons. The third kappa shape index (κ3) is 4.32. The molecule has 0 aromatic heterocycles. The average molecular weight is 293 g/mol. The molecule has 3 N–H and O–H groups in total. The highest BCUT2D eigenvalue weighted by molar-refractivity contribution is 7.87. The molecule has 0 unspecified atom stereocenters. The van der Waals surface area contributed by atoms with E-state index in [2.05, 4.69) is 16.6 Å². The molecule has 1 aromatic carbocycles. The highest BCUT2D eigenvalue weighted by Gasteiger charge is 2.29. The van der Waals surface area contributed by atoms with Gasteiger partial charge < -0.3 is 5.73 Å². The Labute approximate surface area is 120 Å². The predicted octanol–water partition coefficient (Wildman–Crippen LogP) is 0.425. The number of nitrogens with zero attached hydrogens (tertiary/aromatic N) is 1. The minimum absolute atomic E-state index is 0.122. The summed E-state index contributed by atoms with van der Waals surface area (Å²) in [6.45, 7) is 0.669. The van der Waals surface area contributed by atoms with Crippen molar-refractivity contribution in [2.24, 2.45) is 5.73 Å². The zero-order valence-electron chi connectivity index (χ0n) is 11.5. The SMILES string of the molecule is CN(Cc1ccc(C#CCN)cc1)S(=O)(=O)NC1CC1. The summed E-state index contributed by atoms with van der Waals surface area (Å²) < 4.78 is 27.9. The van der Waals surface area contributed by atoms with Crippen molar-refractivity contribution >= 4 is 10.2 Å². The molecule has 1 aromatic rings. The third-order valence-corrected chi connectivity index (χ3v) is 4.58. The number of benzene rings is 1. The molecule has 1 fully saturated rings. The second kappa shape index (κ2) is 6.37. The highest BCUT2D eigenvalue weighted by atomic mass is 32.2. The second-order valence-electron chi connectivity index (χ2n) is 4.86. The monoisotopic (exact) mass is 293 g/mol. The Morgan fingerprint density at radius 3 is 2.55 bits per heavy atom. The molecule has 0 aliphatic heterocycles. The first kappa shape index (κ1) is 15.0. The van der Waals surface area contributed by atoms with Crippen LogP contribution in [0, 0.1) is 11.8 Å². The molecule has 5 nitrogen and oxygen atoms in total. The largest absolute Gasteiger partial charge is 0.320 e. The number of hydrogen-bond acceptors (Lipinski definition) is 3. The van der Waals surface area contributed by atoms with Crippen LogP contribution in [0.4, 0.5) is 0 Å². The number of rotatable bonds is 5. The lowest BCUT2D eigenvalue weighted by Crippen LogP contribution is -2.38. The van der Waals surface area contributed by atoms with Crippen LogP contribution in [0.5, 0.6) is 0 Å². The van der Waals surface area contributed by atoms with Gasteiger partial charge in [-0.25, -0.2) is 0 Å². The lowest BCUT2D eigenvalue weighted by Gasteiger charge is -2.17. The van der Waals surface area contributed by atoms with Gasteiger partial charge in [0.2, 0.25) is 0 Å². The first-order valence-corrected chi connectivity index (χ1v) is 7.97. The van der Waals surface area contributed by atoms with E-state index in [1.807, 2.05) is 24.3 Å². The Balaban J connectivity index is 1.98. The molecule has 0 amide bonds. The van der Waals surface area contributed by atoms with Gasteiger partial charge >= 0.3 is 0 Å². The van der Waals surface area contributed by atoms with E-state index in [-0.39, 0.29) is 6.04 Å². The molecule has 1 aliphatic rings. The van der Waals surface area contributed by atoms with Crippen molar-refractivity contribution in [2.75, 3.05) is 13.6 Å². The maximum absolute atomic E-state index is 12.0. The van der Waals surface area contributed by atoms with Crippen LogP contribution < -0.4 is 10.5 Å². The summed E-state index contributed by atoms with van der Waals surface area (Å²) in [5.41, 5.74) is 7.11. The summed E-state index contributed by atoms with van der Waals surface area (Å²) in [6, 6.07) is 7.61. The van der Waals surface area contributed by atoms with Gasteiger partial charge in [-0.1, -0.05) is 24.0 Å². The van der Waals surface area contributed by atoms with Crippen LogP contribution in [0.25, 0.3) is 0 Å². The Morgan fingerprint density at radius 1 is 1.35 bits per heavy atom. The van der Waals surface area contributed by atoms with Crippen LogP contribution in [0.15, 0.2) is 24.3 Å². The smallest absolute Gasteiger partial charge is 0.279 e. The lowest BCUT2D eigenvalue weighted by atomic mass is 10.1. The molecular formula is C14H19N3O2S. The van der Waals surface area contributed by atoms with Crippen LogP contribution in [0.3, 0.4) is 0 Å². The molecule has 0 saturated heterocycles. The van der Waals surface area contributed by atoms with Crippen molar-refractivity contribution in [1.29, 1.82) is 0 Å². The fourth-order valence-electron chi connectivity index (χ4n) is 1.69. The van der Waals surface area contributed by atoms with Crippen LogP contribution in [-0.4, -0.2) is 32.4 Å². The quantitative estimate of drug-likeness (QED) is 0.773. The first-order chi connectivity index (χ1) is 9.51. The summed E-state index contributed by atoms with van der Waals surface area (Å²) >= 11 is 0. The molecule has 1 saturated carbocycles. The summed E-state index contributed by atoms with van der Waals surface area (Å²) in [7, 11) is -1.80. The van der Waals surface area contributed by atoms with Gasteiger partial charge in [-0.3, -0.25) is 0 Å². The van der Waals surface area contributed by atoms with Gasteiger partial charge in [0.15, 0.2) is 0 Å². The topological polar surface area (TPSA) is 75.4 Å². The van der Waals surface area contributed by atoms with Gasteiger partial charge in [0.1, 0.15) is 0 Å². The Kier molecular flexibility index (Phi) is 4.78. The van der Waals surface area contributed by atoms with E-state index in [4.69, 9.17) is 5.73 Å². The van der Waals surface area contributed by atoms with E-state index in [9.17, 15) is 8.42 Å². The molecule has 6 heteroatoms. The fraction of sp³-hybridized carbons (Fsp3) is 0.429. The van der Waals surface area contributed by atoms with Gasteiger partial charge in [0.05, 0.1) is 6.54 Å². The predicted molar refractivity (Wildman–Crippen MR) is 78.9 cm³/mol. The van der Waals surface area contributed by atoms with Crippen LogP contribution in [-0.2, 0) is 16.8 Å². The van der Waals surface area contributed by atoms with E-state index >= 15 is 0 Å². The molecule has 2 rings (SSSR count). The van der Waals surface area contributed by atoms with Gasteiger partial charge in [0, 0.05) is 25.2 Å².